The van der Waals surface area contributed by atoms with Crippen LogP contribution in [-0.4, -0.2) is 36.5 Å². The van der Waals surface area contributed by atoms with E-state index in [4.69, 9.17) is 9.47 Å². The predicted octanol–water partition coefficient (Wildman–Crippen LogP) is 2.09. The van der Waals surface area contributed by atoms with E-state index in [0.717, 1.165) is 4.47 Å². The number of rotatable bonds is 6. The molecule has 0 aliphatic carbocycles. The lowest BCUT2D eigenvalue weighted by Crippen LogP contribution is -2.27. The van der Waals surface area contributed by atoms with Gasteiger partial charge in [0.15, 0.2) is 0 Å². The average Bonchev–Trinajstić information content (AvgIpc) is 2.92. The van der Waals surface area contributed by atoms with Crippen molar-refractivity contribution in [3.8, 4) is 11.5 Å². The van der Waals surface area contributed by atoms with E-state index in [2.05, 4.69) is 26.3 Å². The second-order valence-electron chi connectivity index (χ2n) is 4.28. The minimum atomic E-state index is -0.182. The number of ether oxygens (including phenoxy) is 2. The van der Waals surface area contributed by atoms with Crippen molar-refractivity contribution in [1.29, 1.82) is 0 Å². The first kappa shape index (κ1) is 15.4. The summed E-state index contributed by atoms with van der Waals surface area (Å²) < 4.78 is 12.9. The van der Waals surface area contributed by atoms with E-state index < -0.39 is 0 Å². The maximum atomic E-state index is 12.1. The summed E-state index contributed by atoms with van der Waals surface area (Å²) in [5, 5.41) is 6.95. The first-order chi connectivity index (χ1) is 10.1. The molecule has 6 nitrogen and oxygen atoms in total. The van der Waals surface area contributed by atoms with Crippen LogP contribution < -0.4 is 14.8 Å². The van der Waals surface area contributed by atoms with Crippen LogP contribution in [0.25, 0.3) is 0 Å². The van der Waals surface area contributed by atoms with Gasteiger partial charge in [0.1, 0.15) is 11.5 Å². The Balaban J connectivity index is 1.96. The van der Waals surface area contributed by atoms with Crippen LogP contribution in [0, 0.1) is 0 Å². The van der Waals surface area contributed by atoms with Gasteiger partial charge in [0.2, 0.25) is 0 Å². The number of carbonyl (C=O) groups is 1. The van der Waals surface area contributed by atoms with Gasteiger partial charge in [0.05, 0.1) is 31.4 Å². The molecule has 0 saturated carbocycles. The zero-order valence-electron chi connectivity index (χ0n) is 11.8. The van der Waals surface area contributed by atoms with Gasteiger partial charge in [-0.25, -0.2) is 0 Å². The molecule has 7 heteroatoms. The number of halogens is 1. The van der Waals surface area contributed by atoms with E-state index in [1.165, 1.54) is 0 Å². The molecule has 0 bridgehead atoms. The Morgan fingerprint density at radius 3 is 2.48 bits per heavy atom. The molecule has 0 aliphatic rings. The molecule has 1 heterocycles. The zero-order chi connectivity index (χ0) is 15.2. The van der Waals surface area contributed by atoms with Gasteiger partial charge in [-0.1, -0.05) is 0 Å². The van der Waals surface area contributed by atoms with Crippen LogP contribution in [-0.2, 0) is 6.54 Å². The summed E-state index contributed by atoms with van der Waals surface area (Å²) in [5.41, 5.74) is 0.493. The quantitative estimate of drug-likeness (QED) is 0.863. The first-order valence-electron chi connectivity index (χ1n) is 6.31. The molecule has 0 saturated heterocycles. The molecule has 0 aliphatic heterocycles. The molecular weight excluding hydrogens is 338 g/mol. The number of benzene rings is 1. The smallest absolute Gasteiger partial charge is 0.251 e. The molecule has 0 unspecified atom stereocenters. The number of aromatic nitrogens is 2. The van der Waals surface area contributed by atoms with Crippen molar-refractivity contribution < 1.29 is 14.3 Å². The summed E-state index contributed by atoms with van der Waals surface area (Å²) in [6.45, 7) is 1.07. The standard InChI is InChI=1S/C14H16BrN3O3/c1-20-12-5-10(6-13(7-12)21-2)14(19)16-3-4-18-9-11(15)8-17-18/h5-9H,3-4H2,1-2H3,(H,16,19). The minimum Gasteiger partial charge on any atom is -0.497 e. The average molecular weight is 354 g/mol. The lowest BCUT2D eigenvalue weighted by Gasteiger charge is -2.09. The van der Waals surface area contributed by atoms with Crippen molar-refractivity contribution in [2.24, 2.45) is 0 Å². The topological polar surface area (TPSA) is 65.4 Å². The summed E-state index contributed by atoms with van der Waals surface area (Å²) in [4.78, 5) is 12.1. The highest BCUT2D eigenvalue weighted by Crippen LogP contribution is 2.22. The lowest BCUT2D eigenvalue weighted by atomic mass is 10.2. The number of hydrogen-bond donors (Lipinski definition) is 1. The van der Waals surface area contributed by atoms with E-state index in [1.54, 1.807) is 43.3 Å². The van der Waals surface area contributed by atoms with Gasteiger partial charge in [-0.2, -0.15) is 5.10 Å². The molecule has 1 aromatic carbocycles. The fourth-order valence-corrected chi connectivity index (χ4v) is 2.11. The van der Waals surface area contributed by atoms with E-state index in [-0.39, 0.29) is 5.91 Å². The van der Waals surface area contributed by atoms with Gasteiger partial charge in [-0.15, -0.1) is 0 Å². The van der Waals surface area contributed by atoms with Crippen molar-refractivity contribution in [1.82, 2.24) is 15.1 Å². The van der Waals surface area contributed by atoms with Crippen molar-refractivity contribution in [3.05, 3.63) is 40.6 Å². The summed E-state index contributed by atoms with van der Waals surface area (Å²) in [5.74, 6) is 0.976. The van der Waals surface area contributed by atoms with Gasteiger partial charge in [0, 0.05) is 24.4 Å². The molecule has 1 N–H and O–H groups in total. The molecule has 1 amide bonds. The Kier molecular flexibility index (Phi) is 5.21. The summed E-state index contributed by atoms with van der Waals surface area (Å²) >= 11 is 3.32. The largest absolute Gasteiger partial charge is 0.497 e. The summed E-state index contributed by atoms with van der Waals surface area (Å²) in [7, 11) is 3.10. The molecule has 1 aromatic heterocycles. The van der Waals surface area contributed by atoms with E-state index in [1.807, 2.05) is 6.20 Å². The van der Waals surface area contributed by atoms with Gasteiger partial charge >= 0.3 is 0 Å². The van der Waals surface area contributed by atoms with Gasteiger partial charge in [-0.05, 0) is 28.1 Å². The Morgan fingerprint density at radius 1 is 1.29 bits per heavy atom. The number of methoxy groups -OCH3 is 2. The number of hydrogen-bond acceptors (Lipinski definition) is 4. The van der Waals surface area contributed by atoms with Crippen molar-refractivity contribution in [3.63, 3.8) is 0 Å². The monoisotopic (exact) mass is 353 g/mol. The summed E-state index contributed by atoms with van der Waals surface area (Å²) in [6, 6.07) is 5.06. The van der Waals surface area contributed by atoms with Gasteiger partial charge in [0.25, 0.3) is 5.91 Å². The van der Waals surface area contributed by atoms with Crippen LogP contribution in [0.15, 0.2) is 35.1 Å². The highest BCUT2D eigenvalue weighted by atomic mass is 79.9. The second kappa shape index (κ2) is 7.12. The lowest BCUT2D eigenvalue weighted by molar-refractivity contribution is 0.0951. The maximum absolute atomic E-state index is 12.1. The third-order valence-electron chi connectivity index (χ3n) is 2.84. The van der Waals surface area contributed by atoms with Crippen LogP contribution in [0.3, 0.4) is 0 Å². The molecular formula is C14H16BrN3O3. The fourth-order valence-electron chi connectivity index (χ4n) is 1.79. The molecule has 2 aromatic rings. The Labute approximate surface area is 131 Å². The van der Waals surface area contributed by atoms with Crippen molar-refractivity contribution in [2.45, 2.75) is 6.54 Å². The predicted molar refractivity (Wildman–Crippen MR) is 81.8 cm³/mol. The van der Waals surface area contributed by atoms with E-state index in [0.29, 0.717) is 30.2 Å². The highest BCUT2D eigenvalue weighted by molar-refractivity contribution is 9.10. The fraction of sp³-hybridized carbons (Fsp3) is 0.286. The molecule has 0 fully saturated rings. The van der Waals surface area contributed by atoms with Crippen molar-refractivity contribution in [2.75, 3.05) is 20.8 Å². The van der Waals surface area contributed by atoms with Gasteiger partial charge in [-0.3, -0.25) is 9.48 Å². The Morgan fingerprint density at radius 2 is 1.95 bits per heavy atom. The highest BCUT2D eigenvalue weighted by Gasteiger charge is 2.09. The number of nitrogens with one attached hydrogen (secondary N) is 1. The molecule has 0 spiro atoms. The first-order valence-corrected chi connectivity index (χ1v) is 7.11. The number of nitrogens with zero attached hydrogens (tertiary/aromatic N) is 2. The second-order valence-corrected chi connectivity index (χ2v) is 5.19. The van der Waals surface area contributed by atoms with Crippen LogP contribution in [0.2, 0.25) is 0 Å². The van der Waals surface area contributed by atoms with Crippen molar-refractivity contribution >= 4 is 21.8 Å². The molecule has 21 heavy (non-hydrogen) atoms. The molecule has 0 atom stereocenters. The molecule has 0 radical (unpaired) electrons. The van der Waals surface area contributed by atoms with Crippen LogP contribution in [0.4, 0.5) is 0 Å². The Bertz CT molecular complexity index is 605. The van der Waals surface area contributed by atoms with E-state index in [9.17, 15) is 4.79 Å². The van der Waals surface area contributed by atoms with Crippen LogP contribution in [0.1, 0.15) is 10.4 Å². The minimum absolute atomic E-state index is 0.182. The van der Waals surface area contributed by atoms with Crippen LogP contribution in [0.5, 0.6) is 11.5 Å². The molecule has 112 valence electrons. The number of amides is 1. The molecule has 2 rings (SSSR count). The normalized spacial score (nSPS) is 10.2. The van der Waals surface area contributed by atoms with Crippen LogP contribution >= 0.6 is 15.9 Å². The number of carbonyl (C=O) groups excluding carboxylic acids is 1. The van der Waals surface area contributed by atoms with E-state index >= 15 is 0 Å². The third-order valence-corrected chi connectivity index (χ3v) is 3.25. The third kappa shape index (κ3) is 4.22. The maximum Gasteiger partial charge on any atom is 0.251 e. The van der Waals surface area contributed by atoms with Gasteiger partial charge < -0.3 is 14.8 Å². The SMILES string of the molecule is COc1cc(OC)cc(C(=O)NCCn2cc(Br)cn2)c1. The zero-order valence-corrected chi connectivity index (χ0v) is 13.4. The summed E-state index contributed by atoms with van der Waals surface area (Å²) in [6.07, 6.45) is 3.55. The Hall–Kier alpha value is -2.02.